The molecular formula is C22H26F2N8O. The van der Waals surface area contributed by atoms with E-state index in [0.717, 1.165) is 24.6 Å². The number of aromatic nitrogens is 6. The maximum atomic E-state index is 14.3. The number of rotatable bonds is 4. The van der Waals surface area contributed by atoms with Gasteiger partial charge in [-0.25, -0.2) is 18.7 Å². The fraction of sp³-hybridized carbons (Fsp3) is 0.455. The molecule has 3 N–H and O–H groups in total. The number of anilines is 2. The fourth-order valence-electron chi connectivity index (χ4n) is 4.51. The van der Waals surface area contributed by atoms with Gasteiger partial charge in [-0.15, -0.1) is 5.10 Å². The van der Waals surface area contributed by atoms with Crippen LogP contribution in [-0.4, -0.2) is 52.7 Å². The van der Waals surface area contributed by atoms with E-state index in [2.05, 4.69) is 32.0 Å². The van der Waals surface area contributed by atoms with Gasteiger partial charge in [0.1, 0.15) is 11.3 Å². The number of nitrogens with zero attached hydrogens (tertiary/aromatic N) is 7. The van der Waals surface area contributed by atoms with E-state index in [1.165, 1.54) is 10.6 Å². The number of benzene rings is 1. The molecule has 1 fully saturated rings. The molecule has 0 saturated carbocycles. The predicted octanol–water partition coefficient (Wildman–Crippen LogP) is 2.88. The maximum absolute atomic E-state index is 14.3. The van der Waals surface area contributed by atoms with E-state index in [4.69, 9.17) is 5.73 Å². The molecule has 0 unspecified atom stereocenters. The Bertz CT molecular complexity index is 1340. The van der Waals surface area contributed by atoms with E-state index in [-0.39, 0.29) is 34.5 Å². The molecule has 9 nitrogen and oxygen atoms in total. The maximum Gasteiger partial charge on any atom is 0.223 e. The third kappa shape index (κ3) is 3.97. The zero-order valence-corrected chi connectivity index (χ0v) is 18.7. The molecule has 0 aliphatic carbocycles. The summed E-state index contributed by atoms with van der Waals surface area (Å²) in [4.78, 5) is 10.9. The van der Waals surface area contributed by atoms with Crippen molar-refractivity contribution in [1.82, 2.24) is 29.4 Å². The molecule has 0 bridgehead atoms. The summed E-state index contributed by atoms with van der Waals surface area (Å²) in [6, 6.07) is 2.26. The van der Waals surface area contributed by atoms with E-state index in [0.29, 0.717) is 18.9 Å². The van der Waals surface area contributed by atoms with Gasteiger partial charge in [0.25, 0.3) is 0 Å². The topological polar surface area (TPSA) is 110 Å². The molecule has 4 heterocycles. The molecule has 1 aliphatic rings. The molecule has 4 aromatic rings. The number of nitrogens with two attached hydrogens (primary N) is 1. The van der Waals surface area contributed by atoms with Crippen LogP contribution >= 0.6 is 0 Å². The Morgan fingerprint density at radius 2 is 2.00 bits per heavy atom. The van der Waals surface area contributed by atoms with Gasteiger partial charge >= 0.3 is 0 Å². The summed E-state index contributed by atoms with van der Waals surface area (Å²) in [6.45, 7) is 6.68. The monoisotopic (exact) mass is 456 g/mol. The first-order chi connectivity index (χ1) is 15.6. The minimum Gasteiger partial charge on any atom is -0.389 e. The van der Waals surface area contributed by atoms with Crippen molar-refractivity contribution in [3.63, 3.8) is 0 Å². The SMILES string of the molecule is C[C@H]1CC[C@@H](c2nc3c4cc(F)cc(F)c4nc(N)n3n2)CN1c1cnn(CC(C)(C)O)c1. The highest BCUT2D eigenvalue weighted by Gasteiger charge is 2.31. The molecule has 0 spiro atoms. The highest BCUT2D eigenvalue weighted by molar-refractivity contribution is 5.92. The van der Waals surface area contributed by atoms with Gasteiger partial charge in [-0.3, -0.25) is 4.68 Å². The van der Waals surface area contributed by atoms with Crippen molar-refractivity contribution in [1.29, 1.82) is 0 Å². The Morgan fingerprint density at radius 1 is 1.21 bits per heavy atom. The normalized spacial score (nSPS) is 19.6. The van der Waals surface area contributed by atoms with Crippen LogP contribution in [0.15, 0.2) is 24.5 Å². The summed E-state index contributed by atoms with van der Waals surface area (Å²) in [6.07, 6.45) is 5.49. The van der Waals surface area contributed by atoms with E-state index in [1.54, 1.807) is 24.7 Å². The van der Waals surface area contributed by atoms with Gasteiger partial charge < -0.3 is 15.7 Å². The first-order valence-electron chi connectivity index (χ1n) is 10.9. The molecule has 33 heavy (non-hydrogen) atoms. The lowest BCUT2D eigenvalue weighted by Gasteiger charge is -2.37. The van der Waals surface area contributed by atoms with Crippen LogP contribution in [0.3, 0.4) is 0 Å². The van der Waals surface area contributed by atoms with Crippen molar-refractivity contribution in [3.8, 4) is 0 Å². The second-order valence-corrected chi connectivity index (χ2v) is 9.44. The first-order valence-corrected chi connectivity index (χ1v) is 10.9. The highest BCUT2D eigenvalue weighted by Crippen LogP contribution is 2.33. The third-order valence-electron chi connectivity index (χ3n) is 6.08. The van der Waals surface area contributed by atoms with E-state index in [9.17, 15) is 13.9 Å². The van der Waals surface area contributed by atoms with Gasteiger partial charge in [0.05, 0.1) is 29.4 Å². The van der Waals surface area contributed by atoms with Crippen LogP contribution in [0.25, 0.3) is 16.6 Å². The van der Waals surface area contributed by atoms with Crippen LogP contribution in [0.5, 0.6) is 0 Å². The summed E-state index contributed by atoms with van der Waals surface area (Å²) in [5.74, 6) is -0.952. The van der Waals surface area contributed by atoms with Crippen molar-refractivity contribution in [3.05, 3.63) is 42.0 Å². The van der Waals surface area contributed by atoms with Gasteiger partial charge in [0.2, 0.25) is 5.95 Å². The Kier molecular flexibility index (Phi) is 4.96. The van der Waals surface area contributed by atoms with Crippen molar-refractivity contribution in [2.24, 2.45) is 0 Å². The second kappa shape index (κ2) is 7.62. The average molecular weight is 457 g/mol. The molecule has 5 rings (SSSR count). The van der Waals surface area contributed by atoms with E-state index < -0.39 is 17.2 Å². The van der Waals surface area contributed by atoms with E-state index in [1.807, 2.05) is 6.20 Å². The van der Waals surface area contributed by atoms with Crippen LogP contribution in [0.4, 0.5) is 20.4 Å². The minimum absolute atomic E-state index is 0.00399. The van der Waals surface area contributed by atoms with Gasteiger partial charge in [-0.1, -0.05) is 0 Å². The van der Waals surface area contributed by atoms with Gasteiger partial charge in [-0.05, 0) is 39.7 Å². The van der Waals surface area contributed by atoms with Crippen molar-refractivity contribution in [2.75, 3.05) is 17.2 Å². The Balaban J connectivity index is 1.49. The molecule has 1 saturated heterocycles. The lowest BCUT2D eigenvalue weighted by atomic mass is 9.92. The van der Waals surface area contributed by atoms with Crippen molar-refractivity contribution in [2.45, 2.75) is 57.7 Å². The van der Waals surface area contributed by atoms with Gasteiger partial charge in [0, 0.05) is 30.8 Å². The average Bonchev–Trinajstić information content (AvgIpc) is 3.36. The summed E-state index contributed by atoms with van der Waals surface area (Å²) in [7, 11) is 0. The lowest BCUT2D eigenvalue weighted by molar-refractivity contribution is 0.0577. The number of nitrogen functional groups attached to an aromatic ring is 1. The first kappa shape index (κ1) is 21.5. The summed E-state index contributed by atoms with van der Waals surface area (Å²) < 4.78 is 31.2. The lowest BCUT2D eigenvalue weighted by Crippen LogP contribution is -2.41. The van der Waals surface area contributed by atoms with E-state index >= 15 is 0 Å². The number of fused-ring (bicyclic) bond motifs is 3. The molecule has 11 heteroatoms. The Morgan fingerprint density at radius 3 is 2.76 bits per heavy atom. The molecule has 2 atom stereocenters. The second-order valence-electron chi connectivity index (χ2n) is 9.44. The van der Waals surface area contributed by atoms with Crippen molar-refractivity contribution < 1.29 is 13.9 Å². The largest absolute Gasteiger partial charge is 0.389 e. The zero-order chi connectivity index (χ0) is 23.5. The molecule has 0 amide bonds. The zero-order valence-electron chi connectivity index (χ0n) is 18.7. The standard InChI is InChI=1S/C22H26F2N8O/c1-12-4-5-13(9-31(12)15-8-26-30(10-15)11-22(2,3)33)19-28-20-16-6-14(23)7-17(24)18(16)27-21(25)32(20)29-19/h6-8,10,12-13,33H,4-5,9,11H2,1-3H3,(H2,25,27)/t12-,13+/m0/s1. The molecule has 174 valence electrons. The van der Waals surface area contributed by atoms with Crippen LogP contribution in [0, 0.1) is 11.6 Å². The molecule has 3 aromatic heterocycles. The number of halogens is 2. The molecular weight excluding hydrogens is 430 g/mol. The summed E-state index contributed by atoms with van der Waals surface area (Å²) >= 11 is 0. The van der Waals surface area contributed by atoms with Crippen LogP contribution in [0.1, 0.15) is 45.4 Å². The Hall–Kier alpha value is -3.34. The minimum atomic E-state index is -0.866. The van der Waals surface area contributed by atoms with Gasteiger partial charge in [-0.2, -0.15) is 9.61 Å². The number of hydrogen-bond acceptors (Lipinski definition) is 7. The third-order valence-corrected chi connectivity index (χ3v) is 6.08. The Labute approximate surface area is 188 Å². The quantitative estimate of drug-likeness (QED) is 0.486. The summed E-state index contributed by atoms with van der Waals surface area (Å²) in [5.41, 5.74) is 6.36. The number of piperidine rings is 1. The molecule has 1 aliphatic heterocycles. The van der Waals surface area contributed by atoms with Crippen molar-refractivity contribution >= 4 is 28.2 Å². The van der Waals surface area contributed by atoms with Crippen LogP contribution < -0.4 is 10.6 Å². The van der Waals surface area contributed by atoms with Crippen LogP contribution in [-0.2, 0) is 6.54 Å². The highest BCUT2D eigenvalue weighted by atomic mass is 19.1. The summed E-state index contributed by atoms with van der Waals surface area (Å²) in [5, 5.41) is 19.2. The van der Waals surface area contributed by atoms with Crippen LogP contribution in [0.2, 0.25) is 0 Å². The van der Waals surface area contributed by atoms with Gasteiger partial charge in [0.15, 0.2) is 17.3 Å². The predicted molar refractivity (Wildman–Crippen MR) is 120 cm³/mol. The molecule has 0 radical (unpaired) electrons. The smallest absolute Gasteiger partial charge is 0.223 e. The number of hydrogen-bond donors (Lipinski definition) is 2. The fourth-order valence-corrected chi connectivity index (χ4v) is 4.51. The molecule has 1 aromatic carbocycles. The number of aliphatic hydroxyl groups is 1.